The van der Waals surface area contributed by atoms with E-state index in [-0.39, 0.29) is 5.75 Å². The fourth-order valence-corrected chi connectivity index (χ4v) is 15.3. The van der Waals surface area contributed by atoms with E-state index < -0.39 is 105 Å². The van der Waals surface area contributed by atoms with Crippen LogP contribution in [0.5, 0.6) is 28.7 Å². The number of benzene rings is 5. The topological polar surface area (TPSA) is 83.2 Å². The summed E-state index contributed by atoms with van der Waals surface area (Å²) in [4.78, 5) is 0. The first-order valence-electron chi connectivity index (χ1n) is 17.2. The maximum Gasteiger partial charge on any atom is 0.458 e. The smallest absolute Gasteiger partial charge is 0.441 e. The van der Waals surface area contributed by atoms with Gasteiger partial charge in [-0.1, -0.05) is 40.9 Å². The minimum absolute atomic E-state index is 0.301. The summed E-state index contributed by atoms with van der Waals surface area (Å²) in [6, 6.07) is 15.9. The van der Waals surface area contributed by atoms with Gasteiger partial charge in [-0.2, -0.15) is 52.7 Å². The van der Waals surface area contributed by atoms with Crippen molar-refractivity contribution < 1.29 is 84.1 Å². The minimum atomic E-state index is -5.42. The van der Waals surface area contributed by atoms with Gasteiger partial charge in [0.1, 0.15) is 28.7 Å². The van der Waals surface area contributed by atoms with Crippen molar-refractivity contribution in [3.63, 3.8) is 0 Å². The fourth-order valence-electron chi connectivity index (χ4n) is 5.37. The SMILES string of the molecule is Cc1cccc(OP2(Oc3cccc(C(F)(F)F)c3)=NP(Oc3cccc(C(F)(F)F)c3)(Oc3cccc(C(F)(F)F)c3)=NP(CC(F)F)(Oc3cccc(C(F)(F)F)c3)=N2)c1. The Hall–Kier alpha value is -5.19. The highest BCUT2D eigenvalue weighted by Crippen LogP contribution is 2.79. The van der Waals surface area contributed by atoms with Crippen molar-refractivity contribution in [1.29, 1.82) is 0 Å². The maximum absolute atomic E-state index is 15.0. The van der Waals surface area contributed by atoms with Gasteiger partial charge in [0.2, 0.25) is 6.43 Å². The van der Waals surface area contributed by atoms with Crippen molar-refractivity contribution in [2.45, 2.75) is 38.1 Å². The molecule has 0 amide bonds. The molecule has 0 spiro atoms. The lowest BCUT2D eigenvalue weighted by atomic mass is 10.2. The third kappa shape index (κ3) is 11.6. The minimum Gasteiger partial charge on any atom is -0.441 e. The highest BCUT2D eigenvalue weighted by Gasteiger charge is 2.48. The molecule has 5 aromatic rings. The molecule has 1 heterocycles. The molecule has 0 bridgehead atoms. The van der Waals surface area contributed by atoms with Gasteiger partial charge in [0.15, 0.2) is 0 Å². The van der Waals surface area contributed by atoms with Crippen LogP contribution in [0.15, 0.2) is 135 Å². The Labute approximate surface area is 342 Å². The van der Waals surface area contributed by atoms with Gasteiger partial charge in [0.05, 0.1) is 28.4 Å². The van der Waals surface area contributed by atoms with E-state index in [9.17, 15) is 61.5 Å². The molecule has 0 aromatic heterocycles. The number of hydrogen-bond acceptors (Lipinski definition) is 8. The van der Waals surface area contributed by atoms with E-state index in [1.165, 1.54) is 31.2 Å². The molecule has 0 radical (unpaired) electrons. The van der Waals surface area contributed by atoms with Crippen LogP contribution < -0.4 is 22.6 Å². The highest BCUT2D eigenvalue weighted by atomic mass is 31.3. The largest absolute Gasteiger partial charge is 0.458 e. The summed E-state index contributed by atoms with van der Waals surface area (Å²) in [6.45, 7) is 1.53. The molecule has 5 aromatic carbocycles. The molecule has 332 valence electrons. The van der Waals surface area contributed by atoms with Crippen LogP contribution in [-0.4, -0.2) is 12.6 Å². The van der Waals surface area contributed by atoms with Crippen LogP contribution in [0.25, 0.3) is 0 Å². The average molecular weight is 952 g/mol. The van der Waals surface area contributed by atoms with Crippen molar-refractivity contribution in [3.8, 4) is 28.7 Å². The second-order valence-corrected chi connectivity index (χ2v) is 19.6. The molecule has 62 heavy (non-hydrogen) atoms. The van der Waals surface area contributed by atoms with Crippen molar-refractivity contribution in [2.75, 3.05) is 6.16 Å². The second kappa shape index (κ2) is 17.2. The van der Waals surface area contributed by atoms with Crippen LogP contribution in [0, 0.1) is 6.92 Å². The van der Waals surface area contributed by atoms with Gasteiger partial charge >= 0.3 is 40.0 Å². The van der Waals surface area contributed by atoms with Gasteiger partial charge < -0.3 is 22.6 Å². The zero-order valence-electron chi connectivity index (χ0n) is 30.8. The Kier molecular flexibility index (Phi) is 12.8. The molecule has 0 N–H and O–H groups in total. The van der Waals surface area contributed by atoms with E-state index in [0.29, 0.717) is 54.1 Å². The standard InChI is InChI=1S/C37H26F14N3O5P3/c1-23-7-2-12-28(17-23)56-61(57-30-14-4-9-25(19-30)35(43,44)45)52-60(22-33(38)39,55-29-13-3-8-24(18-29)34(40,41)42)53-62(54-61,58-31-15-5-10-26(20-31)36(46,47)48)59-32-16-6-11-27(21-32)37(49,50)51/h2-21,33H,22H2,1H3. The maximum atomic E-state index is 15.0. The number of nitrogens with zero attached hydrogens (tertiary/aromatic N) is 3. The predicted molar refractivity (Wildman–Crippen MR) is 199 cm³/mol. The number of rotatable bonds is 12. The average Bonchev–Trinajstić information content (AvgIpc) is 3.13. The highest BCUT2D eigenvalue weighted by molar-refractivity contribution is 7.80. The fraction of sp³-hybridized carbons (Fsp3) is 0.189. The molecule has 0 saturated heterocycles. The van der Waals surface area contributed by atoms with Gasteiger partial charge in [-0.15, -0.1) is 9.03 Å². The summed E-state index contributed by atoms with van der Waals surface area (Å²) in [5.41, 5.74) is -5.08. The lowest BCUT2D eigenvalue weighted by Gasteiger charge is -2.34. The zero-order valence-corrected chi connectivity index (χ0v) is 33.5. The summed E-state index contributed by atoms with van der Waals surface area (Å²) in [5.74, 6) is -3.68. The molecule has 0 fully saturated rings. The van der Waals surface area contributed by atoms with E-state index in [4.69, 9.17) is 22.6 Å². The van der Waals surface area contributed by atoms with E-state index in [2.05, 4.69) is 13.5 Å². The summed E-state index contributed by atoms with van der Waals surface area (Å²) in [7, 11) is -15.9. The molecule has 2 atom stereocenters. The lowest BCUT2D eigenvalue weighted by Crippen LogP contribution is -2.13. The van der Waals surface area contributed by atoms with Crippen molar-refractivity contribution in [3.05, 3.63) is 149 Å². The Morgan fingerprint density at radius 3 is 1.05 bits per heavy atom. The first kappa shape index (κ1) is 46.3. The number of alkyl halides is 14. The van der Waals surface area contributed by atoms with Crippen LogP contribution in [0.4, 0.5) is 61.5 Å². The predicted octanol–water partition coefficient (Wildman–Crippen LogP) is 16.0. The Balaban J connectivity index is 1.76. The zero-order chi connectivity index (χ0) is 45.4. The van der Waals surface area contributed by atoms with Gasteiger partial charge in [-0.3, -0.25) is 0 Å². The van der Waals surface area contributed by atoms with Crippen LogP contribution >= 0.6 is 22.8 Å². The summed E-state index contributed by atoms with van der Waals surface area (Å²) in [6.07, 6.45) is -25.5. The summed E-state index contributed by atoms with van der Waals surface area (Å²) >= 11 is 0. The first-order valence-corrected chi connectivity index (χ1v) is 22.0. The van der Waals surface area contributed by atoms with Gasteiger partial charge in [0, 0.05) is 0 Å². The van der Waals surface area contributed by atoms with Crippen LogP contribution in [0.2, 0.25) is 0 Å². The number of halogens is 14. The normalized spacial score (nSPS) is 19.1. The van der Waals surface area contributed by atoms with E-state index in [1.54, 1.807) is 0 Å². The van der Waals surface area contributed by atoms with E-state index in [1.807, 2.05) is 0 Å². The Morgan fingerprint density at radius 1 is 0.419 bits per heavy atom. The number of hydrogen-bond donors (Lipinski definition) is 0. The first-order chi connectivity index (χ1) is 28.7. The molecule has 1 aliphatic rings. The Bertz CT molecular complexity index is 2550. The van der Waals surface area contributed by atoms with Gasteiger partial charge in [0.25, 0.3) is 7.43 Å². The van der Waals surface area contributed by atoms with Gasteiger partial charge in [-0.05, 0) is 97.4 Å². The molecular weight excluding hydrogens is 925 g/mol. The second-order valence-electron chi connectivity index (χ2n) is 12.9. The van der Waals surface area contributed by atoms with Crippen LogP contribution in [-0.2, 0) is 24.7 Å². The monoisotopic (exact) mass is 951 g/mol. The van der Waals surface area contributed by atoms with Crippen molar-refractivity contribution >= 4 is 22.8 Å². The van der Waals surface area contributed by atoms with Crippen molar-refractivity contribution in [2.24, 2.45) is 13.5 Å². The van der Waals surface area contributed by atoms with Crippen LogP contribution in [0.3, 0.4) is 0 Å². The quantitative estimate of drug-likeness (QED) is 0.0919. The third-order valence-electron chi connectivity index (χ3n) is 7.89. The Morgan fingerprint density at radius 2 is 0.726 bits per heavy atom. The van der Waals surface area contributed by atoms with Crippen LogP contribution in [0.1, 0.15) is 27.8 Å². The molecule has 6 rings (SSSR count). The molecule has 0 aliphatic carbocycles. The molecule has 1 aliphatic heterocycles. The lowest BCUT2D eigenvalue weighted by molar-refractivity contribution is -0.138. The molecule has 0 saturated carbocycles. The summed E-state index contributed by atoms with van der Waals surface area (Å²) < 4.78 is 240. The van der Waals surface area contributed by atoms with E-state index >= 15 is 0 Å². The van der Waals surface area contributed by atoms with E-state index in [0.717, 1.165) is 48.5 Å². The third-order valence-corrected chi connectivity index (χ3v) is 16.8. The van der Waals surface area contributed by atoms with Gasteiger partial charge in [-0.25, -0.2) is 8.78 Å². The summed E-state index contributed by atoms with van der Waals surface area (Å²) in [5, 5.41) is 0. The molecule has 25 heteroatoms. The van der Waals surface area contributed by atoms with Crippen molar-refractivity contribution in [1.82, 2.24) is 0 Å². The molecule has 2 unspecified atom stereocenters. The molecular formula is C37H26F14N3O5P3. The number of aryl methyl sites for hydroxylation is 1. The molecule has 8 nitrogen and oxygen atoms in total.